The second-order valence-corrected chi connectivity index (χ2v) is 5.14. The van der Waals surface area contributed by atoms with Gasteiger partial charge in [0.1, 0.15) is 36.1 Å². The average Bonchev–Trinajstić information content (AvgIpc) is 3.05. The van der Waals surface area contributed by atoms with E-state index in [2.05, 4.69) is 9.97 Å². The molecule has 0 spiro atoms. The van der Waals surface area contributed by atoms with Crippen LogP contribution in [0.4, 0.5) is 5.82 Å². The standard InChI is InChI=1S/C14H15N5O4/c15-3-1-2-7-4-19(13-9(7)12(16)17-6-18-13)14-11(22)10(21)8(5-20)23-14/h1-2,4,6,8,10-11,14,20-22H,5H2,(H2,16,17,18)/b2-1+/t8-,10-,11+,14-/m1/s1. The number of nitrogens with two attached hydrogens (primary N) is 1. The maximum Gasteiger partial charge on any atom is 0.164 e. The summed E-state index contributed by atoms with van der Waals surface area (Å²) in [5.74, 6) is 0.220. The molecular weight excluding hydrogens is 302 g/mol. The lowest BCUT2D eigenvalue weighted by Crippen LogP contribution is -2.33. The number of aliphatic hydroxyl groups excluding tert-OH is 3. The normalized spacial score (nSPS) is 27.7. The lowest BCUT2D eigenvalue weighted by molar-refractivity contribution is -0.0508. The maximum absolute atomic E-state index is 10.2. The number of aromatic nitrogens is 3. The Balaban J connectivity index is 2.14. The quantitative estimate of drug-likeness (QED) is 0.535. The van der Waals surface area contributed by atoms with Gasteiger partial charge in [0.05, 0.1) is 18.1 Å². The van der Waals surface area contributed by atoms with Gasteiger partial charge in [-0.2, -0.15) is 5.26 Å². The van der Waals surface area contributed by atoms with Gasteiger partial charge in [-0.15, -0.1) is 0 Å². The van der Waals surface area contributed by atoms with Crippen LogP contribution < -0.4 is 5.73 Å². The third kappa shape index (κ3) is 2.43. The highest BCUT2D eigenvalue weighted by Crippen LogP contribution is 2.34. The number of nitriles is 1. The molecule has 0 unspecified atom stereocenters. The van der Waals surface area contributed by atoms with Crippen LogP contribution in [0.2, 0.25) is 0 Å². The van der Waals surface area contributed by atoms with Gasteiger partial charge in [-0.05, 0) is 6.08 Å². The van der Waals surface area contributed by atoms with Crippen molar-refractivity contribution in [3.63, 3.8) is 0 Å². The number of aliphatic hydroxyl groups is 3. The SMILES string of the molecule is N#C/C=C/c1cn([C@@H]2O[C@H](CO)[C@@H](O)[C@@H]2O)c2ncnc(N)c12. The van der Waals surface area contributed by atoms with E-state index >= 15 is 0 Å². The number of allylic oxidation sites excluding steroid dienone is 1. The number of fused-ring (bicyclic) bond motifs is 1. The fourth-order valence-corrected chi connectivity index (χ4v) is 2.69. The molecule has 1 fully saturated rings. The fraction of sp³-hybridized carbons (Fsp3) is 0.357. The summed E-state index contributed by atoms with van der Waals surface area (Å²) in [5, 5.41) is 38.5. The Bertz CT molecular complexity index is 796. The number of anilines is 1. The molecule has 1 saturated heterocycles. The van der Waals surface area contributed by atoms with Crippen LogP contribution >= 0.6 is 0 Å². The van der Waals surface area contributed by atoms with Gasteiger partial charge in [0.25, 0.3) is 0 Å². The van der Waals surface area contributed by atoms with E-state index in [0.29, 0.717) is 16.6 Å². The summed E-state index contributed by atoms with van der Waals surface area (Å²) in [5.41, 5.74) is 6.86. The first-order valence-electron chi connectivity index (χ1n) is 6.88. The molecule has 3 rings (SSSR count). The highest BCUT2D eigenvalue weighted by molar-refractivity contribution is 5.94. The molecule has 0 radical (unpaired) electrons. The van der Waals surface area contributed by atoms with E-state index < -0.39 is 31.1 Å². The average molecular weight is 317 g/mol. The Morgan fingerprint density at radius 1 is 1.39 bits per heavy atom. The number of nitrogen functional groups attached to an aromatic ring is 1. The minimum atomic E-state index is -1.24. The molecule has 0 aromatic carbocycles. The van der Waals surface area contributed by atoms with Gasteiger partial charge in [-0.1, -0.05) is 0 Å². The summed E-state index contributed by atoms with van der Waals surface area (Å²) in [6.07, 6.45) is 1.39. The van der Waals surface area contributed by atoms with Gasteiger partial charge in [-0.3, -0.25) is 0 Å². The zero-order valence-electron chi connectivity index (χ0n) is 11.9. The molecule has 4 atom stereocenters. The monoisotopic (exact) mass is 317 g/mol. The largest absolute Gasteiger partial charge is 0.394 e. The van der Waals surface area contributed by atoms with Gasteiger partial charge < -0.3 is 30.4 Å². The van der Waals surface area contributed by atoms with Crippen LogP contribution in [-0.2, 0) is 4.74 Å². The Morgan fingerprint density at radius 2 is 2.17 bits per heavy atom. The van der Waals surface area contributed by atoms with Gasteiger partial charge in [-0.25, -0.2) is 9.97 Å². The third-order valence-electron chi connectivity index (χ3n) is 3.80. The lowest BCUT2D eigenvalue weighted by atomic mass is 10.1. The summed E-state index contributed by atoms with van der Waals surface area (Å²) in [7, 11) is 0. The zero-order valence-corrected chi connectivity index (χ0v) is 11.9. The summed E-state index contributed by atoms with van der Waals surface area (Å²) in [6, 6.07) is 1.89. The highest BCUT2D eigenvalue weighted by Gasteiger charge is 2.44. The van der Waals surface area contributed by atoms with E-state index in [1.807, 2.05) is 6.07 Å². The van der Waals surface area contributed by atoms with Crippen molar-refractivity contribution in [2.24, 2.45) is 0 Å². The van der Waals surface area contributed by atoms with Crippen molar-refractivity contribution < 1.29 is 20.1 Å². The predicted molar refractivity (Wildman–Crippen MR) is 79.6 cm³/mol. The summed E-state index contributed by atoms with van der Waals surface area (Å²) >= 11 is 0. The minimum Gasteiger partial charge on any atom is -0.394 e. The number of hydrogen-bond donors (Lipinski definition) is 4. The van der Waals surface area contributed by atoms with Crippen LogP contribution in [0.5, 0.6) is 0 Å². The molecule has 0 aliphatic carbocycles. The van der Waals surface area contributed by atoms with Crippen molar-refractivity contribution in [2.75, 3.05) is 12.3 Å². The van der Waals surface area contributed by atoms with Crippen LogP contribution in [0.15, 0.2) is 18.6 Å². The Labute approximate surface area is 130 Å². The molecule has 23 heavy (non-hydrogen) atoms. The molecule has 0 amide bonds. The van der Waals surface area contributed by atoms with Crippen molar-refractivity contribution in [3.8, 4) is 6.07 Å². The Morgan fingerprint density at radius 3 is 2.83 bits per heavy atom. The first-order chi connectivity index (χ1) is 11.1. The molecule has 0 saturated carbocycles. The predicted octanol–water partition coefficient (Wildman–Crippen LogP) is -0.838. The molecule has 1 aliphatic heterocycles. The van der Waals surface area contributed by atoms with E-state index in [-0.39, 0.29) is 5.82 Å². The lowest BCUT2D eigenvalue weighted by Gasteiger charge is -2.17. The Kier molecular flexibility index (Phi) is 3.97. The van der Waals surface area contributed by atoms with Crippen LogP contribution in [-0.4, -0.2) is 54.8 Å². The summed E-state index contributed by atoms with van der Waals surface area (Å²) in [4.78, 5) is 8.07. The molecule has 1 aliphatic rings. The van der Waals surface area contributed by atoms with Crippen LogP contribution in [0.1, 0.15) is 11.8 Å². The van der Waals surface area contributed by atoms with Crippen molar-refractivity contribution in [1.82, 2.24) is 14.5 Å². The summed E-state index contributed by atoms with van der Waals surface area (Å²) < 4.78 is 7.02. The van der Waals surface area contributed by atoms with Gasteiger partial charge in [0.2, 0.25) is 0 Å². The smallest absolute Gasteiger partial charge is 0.164 e. The van der Waals surface area contributed by atoms with Crippen LogP contribution in [0.25, 0.3) is 17.1 Å². The van der Waals surface area contributed by atoms with E-state index in [1.54, 1.807) is 12.3 Å². The molecule has 120 valence electrons. The maximum atomic E-state index is 10.2. The Hall–Kier alpha value is -2.51. The van der Waals surface area contributed by atoms with Crippen LogP contribution in [0.3, 0.4) is 0 Å². The molecule has 3 heterocycles. The summed E-state index contributed by atoms with van der Waals surface area (Å²) in [6.45, 7) is -0.424. The molecule has 0 bridgehead atoms. The first kappa shape index (κ1) is 15.4. The number of ether oxygens (including phenoxy) is 1. The zero-order chi connectivity index (χ0) is 16.6. The van der Waals surface area contributed by atoms with Crippen LogP contribution in [0, 0.1) is 11.3 Å². The van der Waals surface area contributed by atoms with Crippen molar-refractivity contribution in [1.29, 1.82) is 5.26 Å². The molecule has 2 aromatic heterocycles. The number of hydrogen-bond acceptors (Lipinski definition) is 8. The first-order valence-corrected chi connectivity index (χ1v) is 6.88. The highest BCUT2D eigenvalue weighted by atomic mass is 16.6. The van der Waals surface area contributed by atoms with Crippen molar-refractivity contribution in [2.45, 2.75) is 24.5 Å². The van der Waals surface area contributed by atoms with Crippen molar-refractivity contribution in [3.05, 3.63) is 24.2 Å². The molecule has 9 nitrogen and oxygen atoms in total. The van der Waals surface area contributed by atoms with Gasteiger partial charge in [0, 0.05) is 17.8 Å². The molecule has 9 heteroatoms. The molecule has 5 N–H and O–H groups in total. The van der Waals surface area contributed by atoms with E-state index in [1.165, 1.54) is 17.0 Å². The second kappa shape index (κ2) is 5.94. The number of nitrogens with zero attached hydrogens (tertiary/aromatic N) is 4. The van der Waals surface area contributed by atoms with Gasteiger partial charge in [0.15, 0.2) is 6.23 Å². The van der Waals surface area contributed by atoms with Gasteiger partial charge >= 0.3 is 0 Å². The van der Waals surface area contributed by atoms with E-state index in [0.717, 1.165) is 0 Å². The topological polar surface area (TPSA) is 150 Å². The molecule has 2 aromatic rings. The van der Waals surface area contributed by atoms with E-state index in [4.69, 9.17) is 15.7 Å². The van der Waals surface area contributed by atoms with E-state index in [9.17, 15) is 15.3 Å². The molecular formula is C14H15N5O4. The van der Waals surface area contributed by atoms with Crippen molar-refractivity contribution >= 4 is 22.9 Å². The second-order valence-electron chi connectivity index (χ2n) is 5.14. The fourth-order valence-electron chi connectivity index (χ4n) is 2.69. The third-order valence-corrected chi connectivity index (χ3v) is 3.80. The number of rotatable bonds is 3. The minimum absolute atomic E-state index is 0.220.